The van der Waals surface area contributed by atoms with Gasteiger partial charge in [0.15, 0.2) is 0 Å². The number of carbonyl (C=O) groups excluding carboxylic acids is 1. The van der Waals surface area contributed by atoms with E-state index < -0.39 is 11.5 Å². The highest BCUT2D eigenvalue weighted by Gasteiger charge is 2.20. The van der Waals surface area contributed by atoms with E-state index in [1.54, 1.807) is 38.4 Å². The molecule has 1 aromatic heterocycles. The van der Waals surface area contributed by atoms with Crippen molar-refractivity contribution in [3.8, 4) is 5.75 Å². The molecule has 3 rings (SSSR count). The predicted octanol–water partition coefficient (Wildman–Crippen LogP) is 3.64. The van der Waals surface area contributed by atoms with Gasteiger partial charge in [0.05, 0.1) is 7.11 Å². The first-order valence-corrected chi connectivity index (χ1v) is 8.03. The maximum Gasteiger partial charge on any atom is 0.349 e. The molecular weight excluding hydrogens is 318 g/mol. The van der Waals surface area contributed by atoms with Crippen LogP contribution in [0.3, 0.4) is 0 Å². The Morgan fingerprint density at radius 2 is 1.92 bits per heavy atom. The molecule has 0 spiro atoms. The lowest BCUT2D eigenvalue weighted by atomic mass is 10.1. The minimum absolute atomic E-state index is 0.00541. The number of aryl methyl sites for hydroxylation is 1. The van der Waals surface area contributed by atoms with E-state index in [0.29, 0.717) is 16.7 Å². The van der Waals surface area contributed by atoms with Gasteiger partial charge in [0.1, 0.15) is 16.9 Å². The van der Waals surface area contributed by atoms with Crippen LogP contribution in [0, 0.1) is 0 Å². The van der Waals surface area contributed by atoms with Gasteiger partial charge in [0, 0.05) is 18.1 Å². The molecule has 128 valence electrons. The molecule has 0 unspecified atom stereocenters. The number of ether oxygens (including phenoxy) is 1. The number of amides is 1. The van der Waals surface area contributed by atoms with Gasteiger partial charge in [0.2, 0.25) is 0 Å². The van der Waals surface area contributed by atoms with Crippen LogP contribution in [0.5, 0.6) is 5.75 Å². The van der Waals surface area contributed by atoms with Crippen LogP contribution in [0.2, 0.25) is 0 Å². The molecule has 5 heteroatoms. The highest BCUT2D eigenvalue weighted by molar-refractivity contribution is 6.07. The normalized spacial score (nSPS) is 10.7. The molecule has 1 heterocycles. The van der Waals surface area contributed by atoms with Crippen LogP contribution in [0.1, 0.15) is 22.8 Å². The Bertz CT molecular complexity index is 990. The van der Waals surface area contributed by atoms with E-state index >= 15 is 0 Å². The Morgan fingerprint density at radius 1 is 1.16 bits per heavy atom. The van der Waals surface area contributed by atoms with Gasteiger partial charge in [-0.2, -0.15) is 0 Å². The summed E-state index contributed by atoms with van der Waals surface area (Å²) in [6.07, 6.45) is 0.789. The minimum atomic E-state index is -0.650. The van der Waals surface area contributed by atoms with Gasteiger partial charge >= 0.3 is 5.63 Å². The number of benzene rings is 2. The maximum atomic E-state index is 12.9. The topological polar surface area (TPSA) is 59.8 Å². The van der Waals surface area contributed by atoms with Crippen molar-refractivity contribution in [2.45, 2.75) is 13.3 Å². The van der Waals surface area contributed by atoms with E-state index in [0.717, 1.165) is 17.7 Å². The molecule has 0 bridgehead atoms. The van der Waals surface area contributed by atoms with E-state index in [1.807, 2.05) is 31.2 Å². The molecule has 25 heavy (non-hydrogen) atoms. The third-order valence-corrected chi connectivity index (χ3v) is 4.21. The van der Waals surface area contributed by atoms with Crippen molar-refractivity contribution in [2.24, 2.45) is 0 Å². The Balaban J connectivity index is 2.06. The number of fused-ring (bicyclic) bond motifs is 1. The molecule has 3 aromatic rings. The monoisotopic (exact) mass is 337 g/mol. The molecule has 0 aliphatic rings. The molecule has 5 nitrogen and oxygen atoms in total. The number of nitrogens with zero attached hydrogens (tertiary/aromatic N) is 1. The van der Waals surface area contributed by atoms with E-state index in [2.05, 4.69) is 0 Å². The van der Waals surface area contributed by atoms with Crippen LogP contribution in [0.15, 0.2) is 57.7 Å². The van der Waals surface area contributed by atoms with Gasteiger partial charge in [-0.15, -0.1) is 0 Å². The van der Waals surface area contributed by atoms with Crippen LogP contribution < -0.4 is 15.3 Å². The first-order chi connectivity index (χ1) is 12.0. The van der Waals surface area contributed by atoms with Crippen LogP contribution >= 0.6 is 0 Å². The highest BCUT2D eigenvalue weighted by atomic mass is 16.5. The Morgan fingerprint density at radius 3 is 2.64 bits per heavy atom. The maximum absolute atomic E-state index is 12.9. The van der Waals surface area contributed by atoms with Gasteiger partial charge in [-0.1, -0.05) is 25.1 Å². The molecule has 2 aromatic carbocycles. The van der Waals surface area contributed by atoms with Gasteiger partial charge in [-0.3, -0.25) is 4.79 Å². The van der Waals surface area contributed by atoms with Gasteiger partial charge in [-0.25, -0.2) is 4.79 Å². The smallest absolute Gasteiger partial charge is 0.349 e. The van der Waals surface area contributed by atoms with Crippen molar-refractivity contribution in [2.75, 3.05) is 19.1 Å². The average molecular weight is 337 g/mol. The van der Waals surface area contributed by atoms with E-state index in [4.69, 9.17) is 9.15 Å². The summed E-state index contributed by atoms with van der Waals surface area (Å²) in [7, 11) is 3.22. The van der Waals surface area contributed by atoms with Crippen molar-refractivity contribution < 1.29 is 13.9 Å². The standard InChI is InChI=1S/C20H19NO4/c1-4-13-7-5-6-8-17(13)21(2)19(22)16-12-14-11-15(24-3)9-10-18(14)25-20(16)23/h5-12H,4H2,1-3H3. The first-order valence-electron chi connectivity index (χ1n) is 8.03. The fourth-order valence-corrected chi connectivity index (χ4v) is 2.80. The van der Waals surface area contributed by atoms with E-state index in [1.165, 1.54) is 4.90 Å². The van der Waals surface area contributed by atoms with Gasteiger partial charge in [-0.05, 0) is 42.3 Å². The van der Waals surface area contributed by atoms with E-state index in [9.17, 15) is 9.59 Å². The summed E-state index contributed by atoms with van der Waals surface area (Å²) in [5.41, 5.74) is 1.57. The molecule has 0 atom stereocenters. The average Bonchev–Trinajstić information content (AvgIpc) is 2.65. The fraction of sp³-hybridized carbons (Fsp3) is 0.200. The molecule has 0 saturated heterocycles. The molecular formula is C20H19NO4. The summed E-state index contributed by atoms with van der Waals surface area (Å²) in [6, 6.07) is 14.3. The van der Waals surface area contributed by atoms with Gasteiger partial charge in [0.25, 0.3) is 5.91 Å². The molecule has 0 saturated carbocycles. The van der Waals surface area contributed by atoms with Crippen molar-refractivity contribution in [3.05, 3.63) is 70.1 Å². The summed E-state index contributed by atoms with van der Waals surface area (Å²) in [5.74, 6) is 0.226. The summed E-state index contributed by atoms with van der Waals surface area (Å²) >= 11 is 0. The largest absolute Gasteiger partial charge is 0.497 e. The molecule has 0 N–H and O–H groups in total. The van der Waals surface area contributed by atoms with Crippen molar-refractivity contribution in [1.29, 1.82) is 0 Å². The zero-order chi connectivity index (χ0) is 18.0. The Kier molecular flexibility index (Phi) is 4.57. The number of methoxy groups -OCH3 is 1. The van der Waals surface area contributed by atoms with Crippen LogP contribution in [0.4, 0.5) is 5.69 Å². The summed E-state index contributed by atoms with van der Waals surface area (Å²) in [6.45, 7) is 2.02. The molecule has 0 aliphatic carbocycles. The Labute approximate surface area is 145 Å². The number of rotatable bonds is 4. The zero-order valence-electron chi connectivity index (χ0n) is 14.4. The summed E-state index contributed by atoms with van der Waals surface area (Å²) in [4.78, 5) is 26.6. The molecule has 0 radical (unpaired) electrons. The molecule has 1 amide bonds. The van der Waals surface area contributed by atoms with Crippen molar-refractivity contribution >= 4 is 22.6 Å². The van der Waals surface area contributed by atoms with Gasteiger partial charge < -0.3 is 14.1 Å². The Hall–Kier alpha value is -3.08. The molecule has 0 aliphatic heterocycles. The number of hydrogen-bond donors (Lipinski definition) is 0. The number of anilines is 1. The van der Waals surface area contributed by atoms with Crippen LogP contribution in [-0.4, -0.2) is 20.1 Å². The second-order valence-corrected chi connectivity index (χ2v) is 5.70. The summed E-state index contributed by atoms with van der Waals surface area (Å²) < 4.78 is 10.5. The second kappa shape index (κ2) is 6.81. The number of hydrogen-bond acceptors (Lipinski definition) is 4. The lowest BCUT2D eigenvalue weighted by Crippen LogP contribution is -2.31. The van der Waals surface area contributed by atoms with E-state index in [-0.39, 0.29) is 5.56 Å². The first kappa shape index (κ1) is 16.8. The van der Waals surface area contributed by atoms with Crippen molar-refractivity contribution in [1.82, 2.24) is 0 Å². The second-order valence-electron chi connectivity index (χ2n) is 5.70. The van der Waals surface area contributed by atoms with Crippen LogP contribution in [-0.2, 0) is 6.42 Å². The third kappa shape index (κ3) is 3.13. The van der Waals surface area contributed by atoms with Crippen molar-refractivity contribution in [3.63, 3.8) is 0 Å². The fourth-order valence-electron chi connectivity index (χ4n) is 2.80. The van der Waals surface area contributed by atoms with Crippen LogP contribution in [0.25, 0.3) is 11.0 Å². The zero-order valence-corrected chi connectivity index (χ0v) is 14.4. The summed E-state index contributed by atoms with van der Waals surface area (Å²) in [5, 5.41) is 0.638. The third-order valence-electron chi connectivity index (χ3n) is 4.21. The molecule has 0 fully saturated rings. The lowest BCUT2D eigenvalue weighted by molar-refractivity contribution is 0.0989. The number of para-hydroxylation sites is 1. The highest BCUT2D eigenvalue weighted by Crippen LogP contribution is 2.23. The quantitative estimate of drug-likeness (QED) is 0.682. The number of carbonyl (C=O) groups is 1. The lowest BCUT2D eigenvalue weighted by Gasteiger charge is -2.20. The minimum Gasteiger partial charge on any atom is -0.497 e. The predicted molar refractivity (Wildman–Crippen MR) is 97.6 cm³/mol. The SMILES string of the molecule is CCc1ccccc1N(C)C(=O)c1cc2cc(OC)ccc2oc1=O.